The van der Waals surface area contributed by atoms with Crippen molar-refractivity contribution in [3.05, 3.63) is 71.3 Å². The Balaban J connectivity index is 1.56. The SMILES string of the molecule is Cc1cccc(CNC2CCN(c3ccccc3/C=C/C(=O)NO)CC2)c1. The van der Waals surface area contributed by atoms with Gasteiger partial charge in [-0.25, -0.2) is 5.48 Å². The van der Waals surface area contributed by atoms with Crippen LogP contribution in [0.4, 0.5) is 5.69 Å². The van der Waals surface area contributed by atoms with Crippen LogP contribution < -0.4 is 15.7 Å². The lowest BCUT2D eigenvalue weighted by Gasteiger charge is -2.35. The number of hydroxylamine groups is 1. The van der Waals surface area contributed by atoms with E-state index in [4.69, 9.17) is 5.21 Å². The summed E-state index contributed by atoms with van der Waals surface area (Å²) in [5.74, 6) is -0.524. The van der Waals surface area contributed by atoms with E-state index in [0.717, 1.165) is 43.7 Å². The topological polar surface area (TPSA) is 64.6 Å². The summed E-state index contributed by atoms with van der Waals surface area (Å²) < 4.78 is 0. The molecule has 1 fully saturated rings. The second-order valence-electron chi connectivity index (χ2n) is 7.00. The molecule has 2 aromatic carbocycles. The van der Waals surface area contributed by atoms with E-state index in [0.29, 0.717) is 6.04 Å². The zero-order valence-corrected chi connectivity index (χ0v) is 15.7. The van der Waals surface area contributed by atoms with Gasteiger partial charge in [0.2, 0.25) is 0 Å². The highest BCUT2D eigenvalue weighted by Crippen LogP contribution is 2.25. The summed E-state index contributed by atoms with van der Waals surface area (Å²) in [5.41, 5.74) is 6.35. The lowest BCUT2D eigenvalue weighted by molar-refractivity contribution is -0.124. The molecule has 1 saturated heterocycles. The minimum atomic E-state index is -0.524. The molecule has 0 aromatic heterocycles. The Morgan fingerprint density at radius 1 is 1.19 bits per heavy atom. The van der Waals surface area contributed by atoms with Crippen molar-refractivity contribution in [1.29, 1.82) is 0 Å². The number of nitrogens with zero attached hydrogens (tertiary/aromatic N) is 1. The Morgan fingerprint density at radius 2 is 1.96 bits per heavy atom. The number of anilines is 1. The monoisotopic (exact) mass is 365 g/mol. The molecule has 1 heterocycles. The number of carbonyl (C=O) groups is 1. The summed E-state index contributed by atoms with van der Waals surface area (Å²) in [4.78, 5) is 13.6. The molecular weight excluding hydrogens is 338 g/mol. The number of para-hydroxylation sites is 1. The van der Waals surface area contributed by atoms with Crippen molar-refractivity contribution in [1.82, 2.24) is 10.8 Å². The predicted octanol–water partition coefficient (Wildman–Crippen LogP) is 3.27. The van der Waals surface area contributed by atoms with Crippen molar-refractivity contribution in [2.75, 3.05) is 18.0 Å². The fourth-order valence-electron chi connectivity index (χ4n) is 3.53. The van der Waals surface area contributed by atoms with Gasteiger partial charge < -0.3 is 10.2 Å². The third-order valence-corrected chi connectivity index (χ3v) is 4.97. The fourth-order valence-corrected chi connectivity index (χ4v) is 3.53. The van der Waals surface area contributed by atoms with E-state index < -0.39 is 5.91 Å². The van der Waals surface area contributed by atoms with Crippen LogP contribution in [0.2, 0.25) is 0 Å². The van der Waals surface area contributed by atoms with Crippen LogP contribution in [-0.4, -0.2) is 30.2 Å². The van der Waals surface area contributed by atoms with Crippen LogP contribution in [0, 0.1) is 6.92 Å². The van der Waals surface area contributed by atoms with E-state index in [1.54, 1.807) is 11.6 Å². The first-order chi connectivity index (χ1) is 13.2. The van der Waals surface area contributed by atoms with Crippen LogP contribution in [0.5, 0.6) is 0 Å². The van der Waals surface area contributed by atoms with Gasteiger partial charge in [0, 0.05) is 37.4 Å². The van der Waals surface area contributed by atoms with Gasteiger partial charge >= 0.3 is 0 Å². The summed E-state index contributed by atoms with van der Waals surface area (Å²) in [6.07, 6.45) is 5.25. The Kier molecular flexibility index (Phi) is 6.63. The number of hydrogen-bond acceptors (Lipinski definition) is 4. The zero-order valence-electron chi connectivity index (χ0n) is 15.7. The van der Waals surface area contributed by atoms with Gasteiger partial charge in [-0.15, -0.1) is 0 Å². The van der Waals surface area contributed by atoms with Gasteiger partial charge in [0.15, 0.2) is 0 Å². The maximum Gasteiger partial charge on any atom is 0.267 e. The highest BCUT2D eigenvalue weighted by atomic mass is 16.5. The van der Waals surface area contributed by atoms with Crippen LogP contribution >= 0.6 is 0 Å². The molecule has 1 aliphatic rings. The summed E-state index contributed by atoms with van der Waals surface area (Å²) in [7, 11) is 0. The number of carbonyl (C=O) groups excluding carboxylic acids is 1. The quantitative estimate of drug-likeness (QED) is 0.418. The van der Waals surface area contributed by atoms with Crippen molar-refractivity contribution in [3.8, 4) is 0 Å². The molecule has 0 unspecified atom stereocenters. The highest BCUT2D eigenvalue weighted by molar-refractivity contribution is 5.91. The van der Waals surface area contributed by atoms with Gasteiger partial charge in [0.05, 0.1) is 0 Å². The zero-order chi connectivity index (χ0) is 19.1. The summed E-state index contributed by atoms with van der Waals surface area (Å²) in [5, 5.41) is 12.3. The first-order valence-corrected chi connectivity index (χ1v) is 9.41. The largest absolute Gasteiger partial charge is 0.371 e. The number of amides is 1. The molecule has 0 aliphatic carbocycles. The van der Waals surface area contributed by atoms with E-state index in [2.05, 4.69) is 47.5 Å². The second kappa shape index (κ2) is 9.35. The Labute approximate surface area is 160 Å². The lowest BCUT2D eigenvalue weighted by Crippen LogP contribution is -2.42. The highest BCUT2D eigenvalue weighted by Gasteiger charge is 2.20. The third kappa shape index (κ3) is 5.42. The Bertz CT molecular complexity index is 796. The second-order valence-corrected chi connectivity index (χ2v) is 7.00. The Hall–Kier alpha value is -2.63. The van der Waals surface area contributed by atoms with Crippen molar-refractivity contribution in [3.63, 3.8) is 0 Å². The Morgan fingerprint density at radius 3 is 2.70 bits per heavy atom. The minimum Gasteiger partial charge on any atom is -0.371 e. The van der Waals surface area contributed by atoms with Gasteiger partial charge in [-0.2, -0.15) is 0 Å². The lowest BCUT2D eigenvalue weighted by atomic mass is 10.0. The van der Waals surface area contributed by atoms with Crippen LogP contribution in [0.25, 0.3) is 6.08 Å². The molecule has 3 rings (SSSR count). The normalized spacial score (nSPS) is 15.3. The standard InChI is InChI=1S/C22H27N3O2/c1-17-5-4-6-18(15-17)16-23-20-11-13-25(14-12-20)21-8-3-2-7-19(21)9-10-22(26)24-27/h2-10,15,20,23,27H,11-14,16H2,1H3,(H,24,26)/b10-9+. The van der Waals surface area contributed by atoms with E-state index in [1.165, 1.54) is 17.2 Å². The van der Waals surface area contributed by atoms with Crippen molar-refractivity contribution >= 4 is 17.7 Å². The average Bonchev–Trinajstić information content (AvgIpc) is 2.71. The first-order valence-electron chi connectivity index (χ1n) is 9.41. The molecule has 0 bridgehead atoms. The number of nitrogens with one attached hydrogen (secondary N) is 2. The molecule has 3 N–H and O–H groups in total. The predicted molar refractivity (Wildman–Crippen MR) is 109 cm³/mol. The van der Waals surface area contributed by atoms with Crippen LogP contribution in [0.3, 0.4) is 0 Å². The number of hydrogen-bond donors (Lipinski definition) is 3. The smallest absolute Gasteiger partial charge is 0.267 e. The van der Waals surface area contributed by atoms with Crippen molar-refractivity contribution in [2.24, 2.45) is 0 Å². The van der Waals surface area contributed by atoms with Gasteiger partial charge in [-0.05, 0) is 43.0 Å². The molecule has 0 atom stereocenters. The summed E-state index contributed by atoms with van der Waals surface area (Å²) >= 11 is 0. The summed E-state index contributed by atoms with van der Waals surface area (Å²) in [6, 6.07) is 17.2. The van der Waals surface area contributed by atoms with Crippen LogP contribution in [0.15, 0.2) is 54.6 Å². The van der Waals surface area contributed by atoms with Gasteiger partial charge in [-0.1, -0.05) is 48.0 Å². The molecule has 142 valence electrons. The number of aryl methyl sites for hydroxylation is 1. The fraction of sp³-hybridized carbons (Fsp3) is 0.318. The van der Waals surface area contributed by atoms with E-state index in [1.807, 2.05) is 18.2 Å². The molecule has 0 spiro atoms. The average molecular weight is 365 g/mol. The maximum absolute atomic E-state index is 11.3. The van der Waals surface area contributed by atoms with Gasteiger partial charge in [0.25, 0.3) is 5.91 Å². The van der Waals surface area contributed by atoms with E-state index in [9.17, 15) is 4.79 Å². The molecule has 0 radical (unpaired) electrons. The number of piperidine rings is 1. The number of rotatable bonds is 6. The minimum absolute atomic E-state index is 0.518. The third-order valence-electron chi connectivity index (χ3n) is 4.97. The van der Waals surface area contributed by atoms with Crippen LogP contribution in [-0.2, 0) is 11.3 Å². The van der Waals surface area contributed by atoms with Crippen molar-refractivity contribution in [2.45, 2.75) is 32.4 Å². The summed E-state index contributed by atoms with van der Waals surface area (Å²) in [6.45, 7) is 4.98. The van der Waals surface area contributed by atoms with Gasteiger partial charge in [0.1, 0.15) is 0 Å². The molecule has 5 nitrogen and oxygen atoms in total. The maximum atomic E-state index is 11.3. The van der Waals surface area contributed by atoms with E-state index in [-0.39, 0.29) is 0 Å². The first kappa shape index (κ1) is 19.1. The van der Waals surface area contributed by atoms with Crippen LogP contribution in [0.1, 0.15) is 29.5 Å². The molecular formula is C22H27N3O2. The van der Waals surface area contributed by atoms with E-state index >= 15 is 0 Å². The molecule has 5 heteroatoms. The molecule has 1 amide bonds. The molecule has 0 saturated carbocycles. The molecule has 27 heavy (non-hydrogen) atoms. The van der Waals surface area contributed by atoms with Gasteiger partial charge in [-0.3, -0.25) is 10.0 Å². The number of benzene rings is 2. The molecule has 2 aromatic rings. The molecule has 1 aliphatic heterocycles. The van der Waals surface area contributed by atoms with Crippen molar-refractivity contribution < 1.29 is 10.0 Å².